The number of aryl methyl sites for hydroxylation is 3. The SMILES string of the molecule is COC(C)CC1CCc2ccc(CN[C@H](C(=O)OC(C)(C)C)[C@@H](C)O)cc2N=C1c1cc(C)c(=O)n(C)c1. The number of esters is 1. The van der Waals surface area contributed by atoms with E-state index in [0.717, 1.165) is 47.4 Å². The van der Waals surface area contributed by atoms with Gasteiger partial charge in [0.25, 0.3) is 5.56 Å². The summed E-state index contributed by atoms with van der Waals surface area (Å²) in [7, 11) is 3.49. The fraction of sp³-hybridized carbons (Fsp3) is 0.567. The summed E-state index contributed by atoms with van der Waals surface area (Å²) in [6.45, 7) is 11.3. The summed E-state index contributed by atoms with van der Waals surface area (Å²) in [5.41, 5.74) is 4.89. The molecule has 3 rings (SSSR count). The molecular weight excluding hydrogens is 482 g/mol. The quantitative estimate of drug-likeness (QED) is 0.480. The highest BCUT2D eigenvalue weighted by Crippen LogP contribution is 2.33. The lowest BCUT2D eigenvalue weighted by molar-refractivity contribution is -0.160. The summed E-state index contributed by atoms with van der Waals surface area (Å²) >= 11 is 0. The fourth-order valence-electron chi connectivity index (χ4n) is 4.81. The van der Waals surface area contributed by atoms with E-state index in [2.05, 4.69) is 18.3 Å². The number of hydrogen-bond acceptors (Lipinski definition) is 7. The zero-order valence-corrected chi connectivity index (χ0v) is 24.0. The summed E-state index contributed by atoms with van der Waals surface area (Å²) in [6.07, 6.45) is 3.64. The van der Waals surface area contributed by atoms with Crippen molar-refractivity contribution in [2.24, 2.45) is 18.0 Å². The third-order valence-corrected chi connectivity index (χ3v) is 6.89. The van der Waals surface area contributed by atoms with Gasteiger partial charge in [0.2, 0.25) is 0 Å². The molecule has 1 aliphatic heterocycles. The predicted octanol–water partition coefficient (Wildman–Crippen LogP) is 3.98. The molecule has 208 valence electrons. The largest absolute Gasteiger partial charge is 0.459 e. The number of pyridine rings is 1. The van der Waals surface area contributed by atoms with Gasteiger partial charge in [-0.15, -0.1) is 0 Å². The van der Waals surface area contributed by atoms with E-state index < -0.39 is 23.7 Å². The van der Waals surface area contributed by atoms with Gasteiger partial charge in [-0.25, -0.2) is 0 Å². The minimum atomic E-state index is -0.910. The number of carbonyl (C=O) groups excluding carboxylic acids is 1. The van der Waals surface area contributed by atoms with Crippen LogP contribution in [0.5, 0.6) is 0 Å². The monoisotopic (exact) mass is 525 g/mol. The molecule has 2 unspecified atom stereocenters. The standard InChI is InChI=1S/C30H43N3O5/c1-18-13-24(17-33(7)28(18)35)27-23(14-19(2)37-8)12-11-22-10-9-21(15-25(22)32-27)16-31-26(20(3)34)29(36)38-30(4,5)6/h9-10,13,15,17,19-20,23,26,31,34H,11-12,14,16H2,1-8H3/t19?,20-,23?,26+/m1/s1. The Kier molecular flexibility index (Phi) is 9.68. The second-order valence-corrected chi connectivity index (χ2v) is 11.4. The van der Waals surface area contributed by atoms with Gasteiger partial charge in [0.1, 0.15) is 11.6 Å². The van der Waals surface area contributed by atoms with Gasteiger partial charge in [-0.3, -0.25) is 19.9 Å². The lowest BCUT2D eigenvalue weighted by atomic mass is 9.88. The third kappa shape index (κ3) is 7.62. The summed E-state index contributed by atoms with van der Waals surface area (Å²) in [4.78, 5) is 30.2. The number of carbonyl (C=O) groups is 1. The minimum Gasteiger partial charge on any atom is -0.459 e. The van der Waals surface area contributed by atoms with Crippen molar-refractivity contribution in [1.82, 2.24) is 9.88 Å². The first kappa shape index (κ1) is 29.7. The number of aliphatic hydroxyl groups is 1. The molecule has 1 aromatic carbocycles. The third-order valence-electron chi connectivity index (χ3n) is 6.89. The number of benzene rings is 1. The molecular formula is C30H43N3O5. The molecule has 38 heavy (non-hydrogen) atoms. The van der Waals surface area contributed by atoms with E-state index in [-0.39, 0.29) is 17.6 Å². The number of methoxy groups -OCH3 is 1. The Morgan fingerprint density at radius 1 is 1.26 bits per heavy atom. The van der Waals surface area contributed by atoms with E-state index in [4.69, 9.17) is 14.5 Å². The molecule has 2 heterocycles. The van der Waals surface area contributed by atoms with Crippen LogP contribution in [0.25, 0.3) is 0 Å². The van der Waals surface area contributed by atoms with Crippen molar-refractivity contribution in [2.45, 2.75) is 91.2 Å². The Labute approximate surface area is 226 Å². The van der Waals surface area contributed by atoms with Crippen LogP contribution in [0, 0.1) is 12.8 Å². The van der Waals surface area contributed by atoms with Gasteiger partial charge in [-0.05, 0) is 84.1 Å². The number of fused-ring (bicyclic) bond motifs is 1. The normalized spacial score (nSPS) is 18.1. The van der Waals surface area contributed by atoms with Crippen LogP contribution in [0.4, 0.5) is 5.69 Å². The van der Waals surface area contributed by atoms with E-state index >= 15 is 0 Å². The second-order valence-electron chi connectivity index (χ2n) is 11.4. The number of ether oxygens (including phenoxy) is 2. The van der Waals surface area contributed by atoms with Gasteiger partial charge in [0.15, 0.2) is 0 Å². The van der Waals surface area contributed by atoms with Gasteiger partial charge in [-0.1, -0.05) is 12.1 Å². The summed E-state index contributed by atoms with van der Waals surface area (Å²) < 4.78 is 12.7. The zero-order chi connectivity index (χ0) is 28.2. The number of nitrogens with one attached hydrogen (secondary N) is 1. The average molecular weight is 526 g/mol. The van der Waals surface area contributed by atoms with Crippen LogP contribution in [0.15, 0.2) is 40.2 Å². The van der Waals surface area contributed by atoms with E-state index in [1.54, 1.807) is 46.4 Å². The molecule has 0 bridgehead atoms. The number of aliphatic imine (C=N–C) groups is 1. The molecule has 4 atom stereocenters. The van der Waals surface area contributed by atoms with Crippen LogP contribution in [-0.2, 0) is 34.3 Å². The molecule has 1 aromatic heterocycles. The van der Waals surface area contributed by atoms with Crippen LogP contribution >= 0.6 is 0 Å². The lowest BCUT2D eigenvalue weighted by Crippen LogP contribution is -2.47. The highest BCUT2D eigenvalue weighted by molar-refractivity contribution is 6.04. The maximum Gasteiger partial charge on any atom is 0.326 e. The van der Waals surface area contributed by atoms with E-state index in [0.29, 0.717) is 12.1 Å². The van der Waals surface area contributed by atoms with Crippen molar-refractivity contribution in [3.05, 3.63) is 63.1 Å². The molecule has 8 nitrogen and oxygen atoms in total. The van der Waals surface area contributed by atoms with E-state index in [1.165, 1.54) is 0 Å². The van der Waals surface area contributed by atoms with E-state index in [1.807, 2.05) is 31.3 Å². The first-order valence-corrected chi connectivity index (χ1v) is 13.3. The Balaban J connectivity index is 1.95. The van der Waals surface area contributed by atoms with Gasteiger partial charge >= 0.3 is 5.97 Å². The number of hydrogen-bond donors (Lipinski definition) is 2. The smallest absolute Gasteiger partial charge is 0.326 e. The molecule has 0 radical (unpaired) electrons. The Bertz CT molecular complexity index is 1200. The Morgan fingerprint density at radius 3 is 2.58 bits per heavy atom. The number of nitrogens with zero attached hydrogens (tertiary/aromatic N) is 2. The van der Waals surface area contributed by atoms with Crippen molar-refractivity contribution in [1.29, 1.82) is 0 Å². The number of aliphatic hydroxyl groups excluding tert-OH is 1. The molecule has 1 aliphatic rings. The van der Waals surface area contributed by atoms with Crippen molar-refractivity contribution < 1.29 is 19.4 Å². The van der Waals surface area contributed by atoms with E-state index in [9.17, 15) is 14.7 Å². The molecule has 0 saturated carbocycles. The van der Waals surface area contributed by atoms with Gasteiger partial charge < -0.3 is 19.1 Å². The fourth-order valence-corrected chi connectivity index (χ4v) is 4.81. The minimum absolute atomic E-state index is 0.0174. The second kappa shape index (κ2) is 12.4. The highest BCUT2D eigenvalue weighted by Gasteiger charge is 2.29. The first-order valence-electron chi connectivity index (χ1n) is 13.3. The van der Waals surface area contributed by atoms with Crippen LogP contribution in [0.2, 0.25) is 0 Å². The molecule has 0 fully saturated rings. The molecule has 0 spiro atoms. The maximum absolute atomic E-state index is 12.6. The summed E-state index contributed by atoms with van der Waals surface area (Å²) in [6, 6.07) is 7.24. The highest BCUT2D eigenvalue weighted by atomic mass is 16.6. The van der Waals surface area contributed by atoms with Crippen LogP contribution in [0.3, 0.4) is 0 Å². The zero-order valence-electron chi connectivity index (χ0n) is 24.0. The van der Waals surface area contributed by atoms with Crippen molar-refractivity contribution in [3.8, 4) is 0 Å². The molecule has 8 heteroatoms. The Morgan fingerprint density at radius 2 is 1.97 bits per heavy atom. The van der Waals surface area contributed by atoms with Crippen LogP contribution in [-0.4, -0.2) is 52.3 Å². The van der Waals surface area contributed by atoms with Crippen molar-refractivity contribution in [2.75, 3.05) is 7.11 Å². The van der Waals surface area contributed by atoms with Gasteiger partial charge in [-0.2, -0.15) is 0 Å². The molecule has 2 N–H and O–H groups in total. The topological polar surface area (TPSA) is 102 Å². The summed E-state index contributed by atoms with van der Waals surface area (Å²) in [5.74, 6) is -0.314. The number of rotatable bonds is 9. The molecule has 0 aliphatic carbocycles. The maximum atomic E-state index is 12.6. The molecule has 0 amide bonds. The van der Waals surface area contributed by atoms with Gasteiger partial charge in [0, 0.05) is 43.9 Å². The Hall–Kier alpha value is -2.81. The van der Waals surface area contributed by atoms with Crippen LogP contribution in [0.1, 0.15) is 69.7 Å². The lowest BCUT2D eigenvalue weighted by Gasteiger charge is -2.26. The van der Waals surface area contributed by atoms with Crippen molar-refractivity contribution in [3.63, 3.8) is 0 Å². The first-order chi connectivity index (χ1) is 17.8. The number of aromatic nitrogens is 1. The average Bonchev–Trinajstić information content (AvgIpc) is 3.00. The molecule has 2 aromatic rings. The molecule has 0 saturated heterocycles. The van der Waals surface area contributed by atoms with Crippen LogP contribution < -0.4 is 10.9 Å². The predicted molar refractivity (Wildman–Crippen MR) is 150 cm³/mol. The van der Waals surface area contributed by atoms with Gasteiger partial charge in [0.05, 0.1) is 23.6 Å². The van der Waals surface area contributed by atoms with Crippen molar-refractivity contribution >= 4 is 17.4 Å². The summed E-state index contributed by atoms with van der Waals surface area (Å²) in [5, 5.41) is 13.4.